The van der Waals surface area contributed by atoms with E-state index in [1.54, 1.807) is 33.0 Å². The maximum Gasteiger partial charge on any atom is 0.410 e. The van der Waals surface area contributed by atoms with Crippen LogP contribution in [0.4, 0.5) is 4.79 Å². The lowest BCUT2D eigenvalue weighted by atomic mass is 9.79. The van der Waals surface area contributed by atoms with Gasteiger partial charge in [0, 0.05) is 42.9 Å². The highest BCUT2D eigenvalue weighted by Gasteiger charge is 2.53. The maximum absolute atomic E-state index is 14.6. The molecule has 0 spiro atoms. The van der Waals surface area contributed by atoms with Gasteiger partial charge in [-0.25, -0.2) is 14.4 Å². The molecule has 17 nitrogen and oxygen atoms in total. The molecule has 0 saturated carbocycles. The highest BCUT2D eigenvalue weighted by molar-refractivity contribution is 6.74. The second-order valence-corrected chi connectivity index (χ2v) is 24.1. The molecular weight excluding hydrogens is 891 g/mol. The van der Waals surface area contributed by atoms with Crippen LogP contribution in [-0.4, -0.2) is 96.2 Å². The Kier molecular flexibility index (Phi) is 13.6. The Hall–Kier alpha value is -6.05. The summed E-state index contributed by atoms with van der Waals surface area (Å²) in [5.41, 5.74) is -0.384. The Labute approximate surface area is 395 Å². The van der Waals surface area contributed by atoms with Crippen molar-refractivity contribution in [3.63, 3.8) is 0 Å². The predicted octanol–water partition coefficient (Wildman–Crippen LogP) is 6.27. The number of likely N-dealkylation sites (tertiary alicyclic amines) is 1. The lowest BCUT2D eigenvalue weighted by Gasteiger charge is -2.45. The molecule has 0 bridgehead atoms. The number of rotatable bonds is 13. The number of aryl methyl sites for hydroxylation is 2. The minimum atomic E-state index is -2.41. The van der Waals surface area contributed by atoms with E-state index in [-0.39, 0.29) is 31.0 Å². The first-order valence-electron chi connectivity index (χ1n) is 22.9. The van der Waals surface area contributed by atoms with Crippen molar-refractivity contribution in [2.45, 2.75) is 121 Å². The summed E-state index contributed by atoms with van der Waals surface area (Å²) in [4.78, 5) is 72.2. The van der Waals surface area contributed by atoms with Gasteiger partial charge in [-0.2, -0.15) is 0 Å². The summed E-state index contributed by atoms with van der Waals surface area (Å²) in [5.74, 6) is 1.33. The molecule has 5 aromatic rings. The van der Waals surface area contributed by atoms with Crippen LogP contribution in [0.1, 0.15) is 80.3 Å². The van der Waals surface area contributed by atoms with E-state index in [0.717, 1.165) is 16.7 Å². The zero-order valence-corrected chi connectivity index (χ0v) is 41.0. The van der Waals surface area contributed by atoms with Gasteiger partial charge in [0.25, 0.3) is 11.1 Å². The Morgan fingerprint density at radius 1 is 0.721 bits per heavy atom. The third-order valence-corrected chi connectivity index (χ3v) is 18.5. The van der Waals surface area contributed by atoms with E-state index in [1.165, 1.54) is 21.5 Å². The van der Waals surface area contributed by atoms with Crippen LogP contribution in [0.5, 0.6) is 11.5 Å². The van der Waals surface area contributed by atoms with E-state index in [9.17, 15) is 24.0 Å². The smallest absolute Gasteiger partial charge is 0.410 e. The van der Waals surface area contributed by atoms with Gasteiger partial charge >= 0.3 is 17.5 Å². The van der Waals surface area contributed by atoms with Crippen molar-refractivity contribution >= 4 is 14.4 Å². The van der Waals surface area contributed by atoms with Crippen LogP contribution in [0.15, 0.2) is 110 Å². The van der Waals surface area contributed by atoms with E-state index < -0.39 is 85.4 Å². The number of aromatic nitrogens is 4. The summed E-state index contributed by atoms with van der Waals surface area (Å²) in [6.07, 6.45) is -1.40. The van der Waals surface area contributed by atoms with Gasteiger partial charge in [0.05, 0.1) is 32.5 Å². The van der Waals surface area contributed by atoms with Crippen LogP contribution in [0, 0.1) is 13.8 Å². The number of carbonyl (C=O) groups is 1. The number of nitrogens with one attached hydrogen (secondary N) is 2. The minimum absolute atomic E-state index is 0.163. The molecule has 362 valence electrons. The van der Waals surface area contributed by atoms with Gasteiger partial charge in [0.2, 0.25) is 0 Å². The van der Waals surface area contributed by atoms with E-state index in [1.807, 2.05) is 78.9 Å². The Balaban J connectivity index is 1.14. The first-order chi connectivity index (χ1) is 32.3. The van der Waals surface area contributed by atoms with Gasteiger partial charge in [-0.15, -0.1) is 0 Å². The topological polar surface area (TPSA) is 195 Å². The summed E-state index contributed by atoms with van der Waals surface area (Å²) < 4.78 is 47.7. The molecule has 0 aliphatic carbocycles. The van der Waals surface area contributed by atoms with Gasteiger partial charge in [0.1, 0.15) is 48.4 Å². The van der Waals surface area contributed by atoms with Gasteiger partial charge in [-0.3, -0.25) is 28.7 Å². The van der Waals surface area contributed by atoms with Crippen molar-refractivity contribution in [1.29, 1.82) is 0 Å². The first-order valence-corrected chi connectivity index (χ1v) is 25.8. The molecule has 3 aliphatic heterocycles. The average Bonchev–Trinajstić information content (AvgIpc) is 3.94. The largest absolute Gasteiger partial charge is 0.497 e. The van der Waals surface area contributed by atoms with E-state index in [0.29, 0.717) is 29.0 Å². The quantitative estimate of drug-likeness (QED) is 0.0994. The summed E-state index contributed by atoms with van der Waals surface area (Å²) in [6, 6.07) is 24.6. The molecule has 3 fully saturated rings. The molecule has 0 unspecified atom stereocenters. The van der Waals surface area contributed by atoms with Crippen molar-refractivity contribution in [2.24, 2.45) is 0 Å². The molecule has 0 radical (unpaired) electrons. The number of methoxy groups -OCH3 is 2. The molecule has 8 rings (SSSR count). The Morgan fingerprint density at radius 2 is 1.24 bits per heavy atom. The number of carbonyl (C=O) groups excluding carboxylic acids is 1. The fourth-order valence-corrected chi connectivity index (χ4v) is 10.6. The van der Waals surface area contributed by atoms with E-state index in [2.05, 4.69) is 43.8 Å². The van der Waals surface area contributed by atoms with Crippen molar-refractivity contribution < 1.29 is 37.6 Å². The average molecular weight is 952 g/mol. The lowest BCUT2D eigenvalue weighted by Crippen LogP contribution is -2.57. The lowest BCUT2D eigenvalue weighted by molar-refractivity contribution is -0.155. The zero-order chi connectivity index (χ0) is 48.7. The van der Waals surface area contributed by atoms with Crippen LogP contribution in [0.2, 0.25) is 18.1 Å². The standard InChI is InChI=1S/C50H61N5O12Si/c1-30-27-54(46(58)51-44(30)56)41-25-37-43(65-41)38(66-50(32-13-11-10-12-14-32,33-15-19-35(61-6)20-16-33)34-17-21-36(62-7)22-18-34)23-24-53(37)48(60)63-29-40-39(67-68(8,9)49(3,4)5)26-42(64-40)55-28-31(2)45(57)52-47(55)59/h10-22,27-28,37-43H,23-26,29H2,1-9H3,(H,51,56,58)(H,52,57,59)/t37-,38+,39-,40+,41+,42+,43-/m0/s1. The molecule has 18 heteroatoms. The molecule has 3 aliphatic rings. The number of nitrogens with zero attached hydrogens (tertiary/aromatic N) is 3. The second kappa shape index (κ2) is 19.1. The van der Waals surface area contributed by atoms with E-state index in [4.69, 9.17) is 32.8 Å². The number of benzene rings is 3. The Morgan fingerprint density at radius 3 is 1.75 bits per heavy atom. The number of aromatic amines is 2. The third kappa shape index (κ3) is 9.39. The maximum atomic E-state index is 14.6. The highest BCUT2D eigenvalue weighted by Crippen LogP contribution is 2.47. The third-order valence-electron chi connectivity index (χ3n) is 14.0. The van der Waals surface area contributed by atoms with Gasteiger partial charge in [-0.1, -0.05) is 75.4 Å². The van der Waals surface area contributed by atoms with Gasteiger partial charge < -0.3 is 37.7 Å². The Bertz CT molecular complexity index is 2790. The second-order valence-electron chi connectivity index (χ2n) is 19.3. The fourth-order valence-electron chi connectivity index (χ4n) is 9.23. The molecular formula is C50H61N5O12Si. The van der Waals surface area contributed by atoms with Crippen molar-refractivity contribution in [3.05, 3.63) is 161 Å². The van der Waals surface area contributed by atoms with E-state index >= 15 is 0 Å². The predicted molar refractivity (Wildman–Crippen MR) is 255 cm³/mol. The van der Waals surface area contributed by atoms with Crippen LogP contribution in [-0.2, 0) is 29.0 Å². The normalized spacial score (nSPS) is 23.0. The zero-order valence-electron chi connectivity index (χ0n) is 40.0. The number of hydrogen-bond donors (Lipinski definition) is 2. The number of ether oxygens (including phenoxy) is 6. The van der Waals surface area contributed by atoms with Crippen LogP contribution >= 0.6 is 0 Å². The molecule has 68 heavy (non-hydrogen) atoms. The van der Waals surface area contributed by atoms with Crippen molar-refractivity contribution in [3.8, 4) is 11.5 Å². The first kappa shape index (κ1) is 48.4. The fraction of sp³-hybridized carbons (Fsp3) is 0.460. The summed E-state index contributed by atoms with van der Waals surface area (Å²) in [5, 5.41) is -0.163. The number of piperidine rings is 1. The highest BCUT2D eigenvalue weighted by atomic mass is 28.4. The molecule has 2 aromatic heterocycles. The monoisotopic (exact) mass is 951 g/mol. The minimum Gasteiger partial charge on any atom is -0.497 e. The van der Waals surface area contributed by atoms with Gasteiger partial charge in [-0.05, 0) is 79.4 Å². The molecule has 2 N–H and O–H groups in total. The number of amides is 1. The summed E-state index contributed by atoms with van der Waals surface area (Å²) in [6.45, 7) is 13.8. The number of fused-ring (bicyclic) bond motifs is 1. The number of hydrogen-bond acceptors (Lipinski definition) is 12. The molecule has 7 atom stereocenters. The summed E-state index contributed by atoms with van der Waals surface area (Å²) in [7, 11) is 0.805. The van der Waals surface area contributed by atoms with Gasteiger partial charge in [0.15, 0.2) is 8.32 Å². The van der Waals surface area contributed by atoms with Crippen LogP contribution in [0.3, 0.4) is 0 Å². The molecule has 5 heterocycles. The SMILES string of the molecule is COc1ccc(C(O[C@@H]2CCN(C(=O)OC[C@H]3O[C@@H](n4cc(C)c(=O)[nH]c4=O)C[C@@H]3O[Si](C)(C)C(C)(C)C)[C@H]3C[C@H](n4cc(C)c(=O)[nH]c4=O)O[C@H]23)(c2ccccc2)c2ccc(OC)cc2)cc1. The molecule has 3 aromatic carbocycles. The van der Waals surface area contributed by atoms with Crippen molar-refractivity contribution in [1.82, 2.24) is 24.0 Å². The van der Waals surface area contributed by atoms with Crippen molar-refractivity contribution in [2.75, 3.05) is 27.4 Å². The summed E-state index contributed by atoms with van der Waals surface area (Å²) >= 11 is 0. The molecule has 1 amide bonds. The van der Waals surface area contributed by atoms with Crippen LogP contribution in [0.25, 0.3) is 0 Å². The number of H-pyrrole nitrogens is 2. The van der Waals surface area contributed by atoms with Crippen LogP contribution < -0.4 is 32.0 Å². The molecule has 3 saturated heterocycles.